The van der Waals surface area contributed by atoms with E-state index in [-0.39, 0.29) is 17.1 Å². The summed E-state index contributed by atoms with van der Waals surface area (Å²) in [6.07, 6.45) is 0. The van der Waals surface area contributed by atoms with Crippen molar-refractivity contribution in [1.82, 2.24) is 0 Å². The minimum atomic E-state index is -0.291. The second-order valence-corrected chi connectivity index (χ2v) is 4.68. The SMILES string of the molecule is CC(C)C(S)C(=O)Nc1ccc(Cl)cc1. The molecule has 0 spiro atoms. The van der Waals surface area contributed by atoms with Crippen LogP contribution >= 0.6 is 24.2 Å². The molecular formula is C11H14ClNOS. The summed E-state index contributed by atoms with van der Waals surface area (Å²) in [5, 5.41) is 3.14. The number of rotatable bonds is 3. The number of benzene rings is 1. The van der Waals surface area contributed by atoms with E-state index in [9.17, 15) is 4.79 Å². The number of carbonyl (C=O) groups excluding carboxylic acids is 1. The molecule has 1 aromatic carbocycles. The van der Waals surface area contributed by atoms with Crippen LogP contribution in [0, 0.1) is 5.92 Å². The van der Waals surface area contributed by atoms with E-state index in [1.807, 2.05) is 13.8 Å². The fourth-order valence-corrected chi connectivity index (χ4v) is 1.24. The van der Waals surface area contributed by atoms with E-state index in [4.69, 9.17) is 11.6 Å². The third-order valence-corrected chi connectivity index (χ3v) is 3.09. The Kier molecular flexibility index (Phi) is 4.48. The second kappa shape index (κ2) is 5.42. The molecule has 1 amide bonds. The Morgan fingerprint density at radius 1 is 1.33 bits per heavy atom. The predicted molar refractivity (Wildman–Crippen MR) is 67.7 cm³/mol. The predicted octanol–water partition coefficient (Wildman–Crippen LogP) is 3.23. The molecule has 0 bridgehead atoms. The molecule has 0 aliphatic heterocycles. The highest BCUT2D eigenvalue weighted by Crippen LogP contribution is 2.16. The minimum absolute atomic E-state index is 0.0874. The molecule has 82 valence electrons. The van der Waals surface area contributed by atoms with Crippen LogP contribution in [0.3, 0.4) is 0 Å². The number of carbonyl (C=O) groups is 1. The van der Waals surface area contributed by atoms with Crippen molar-refractivity contribution < 1.29 is 4.79 Å². The molecule has 15 heavy (non-hydrogen) atoms. The maximum absolute atomic E-state index is 11.6. The lowest BCUT2D eigenvalue weighted by atomic mass is 10.1. The molecule has 4 heteroatoms. The highest BCUT2D eigenvalue weighted by atomic mass is 35.5. The van der Waals surface area contributed by atoms with Crippen LogP contribution in [-0.2, 0) is 4.79 Å². The van der Waals surface area contributed by atoms with Crippen LogP contribution in [0.1, 0.15) is 13.8 Å². The lowest BCUT2D eigenvalue weighted by Crippen LogP contribution is -2.27. The van der Waals surface area contributed by atoms with Gasteiger partial charge in [0.05, 0.1) is 5.25 Å². The first-order chi connectivity index (χ1) is 7.00. The van der Waals surface area contributed by atoms with E-state index >= 15 is 0 Å². The van der Waals surface area contributed by atoms with Crippen molar-refractivity contribution in [2.75, 3.05) is 5.32 Å². The average molecular weight is 244 g/mol. The highest BCUT2D eigenvalue weighted by Gasteiger charge is 2.17. The van der Waals surface area contributed by atoms with Gasteiger partial charge in [0.1, 0.15) is 0 Å². The van der Waals surface area contributed by atoms with Gasteiger partial charge in [-0.25, -0.2) is 0 Å². The summed E-state index contributed by atoms with van der Waals surface area (Å²) >= 11 is 9.97. The van der Waals surface area contributed by atoms with Gasteiger partial charge in [-0.05, 0) is 30.2 Å². The van der Waals surface area contributed by atoms with E-state index in [0.717, 1.165) is 5.69 Å². The van der Waals surface area contributed by atoms with Gasteiger partial charge in [-0.1, -0.05) is 25.4 Å². The van der Waals surface area contributed by atoms with Crippen molar-refractivity contribution in [2.45, 2.75) is 19.1 Å². The number of nitrogens with one attached hydrogen (secondary N) is 1. The molecule has 0 aliphatic carbocycles. The Labute approximate surface area is 100 Å². The number of hydrogen-bond acceptors (Lipinski definition) is 2. The van der Waals surface area contributed by atoms with Crippen molar-refractivity contribution in [1.29, 1.82) is 0 Å². The molecule has 0 radical (unpaired) electrons. The molecule has 1 unspecified atom stereocenters. The van der Waals surface area contributed by atoms with Crippen molar-refractivity contribution in [3.05, 3.63) is 29.3 Å². The zero-order valence-electron chi connectivity index (χ0n) is 8.70. The maximum atomic E-state index is 11.6. The van der Waals surface area contributed by atoms with Gasteiger partial charge in [0.2, 0.25) is 5.91 Å². The highest BCUT2D eigenvalue weighted by molar-refractivity contribution is 7.81. The van der Waals surface area contributed by atoms with Gasteiger partial charge in [0.25, 0.3) is 0 Å². The molecule has 0 heterocycles. The summed E-state index contributed by atoms with van der Waals surface area (Å²) in [5.41, 5.74) is 0.740. The number of halogens is 1. The minimum Gasteiger partial charge on any atom is -0.325 e. The normalized spacial score (nSPS) is 12.6. The zero-order valence-corrected chi connectivity index (χ0v) is 10.3. The molecule has 0 saturated carbocycles. The monoisotopic (exact) mass is 243 g/mol. The third-order valence-electron chi connectivity index (χ3n) is 2.01. The maximum Gasteiger partial charge on any atom is 0.237 e. The summed E-state index contributed by atoms with van der Waals surface area (Å²) in [5.74, 6) is 0.122. The van der Waals surface area contributed by atoms with Gasteiger partial charge in [0, 0.05) is 10.7 Å². The van der Waals surface area contributed by atoms with E-state index in [2.05, 4.69) is 17.9 Å². The Morgan fingerprint density at radius 2 is 1.87 bits per heavy atom. The Bertz CT molecular complexity index is 337. The lowest BCUT2D eigenvalue weighted by Gasteiger charge is -2.14. The van der Waals surface area contributed by atoms with Crippen molar-refractivity contribution in [3.63, 3.8) is 0 Å². The summed E-state index contributed by atoms with van der Waals surface area (Å²) in [4.78, 5) is 11.6. The largest absolute Gasteiger partial charge is 0.325 e. The molecule has 2 nitrogen and oxygen atoms in total. The van der Waals surface area contributed by atoms with Gasteiger partial charge in [-0.2, -0.15) is 12.6 Å². The fraction of sp³-hybridized carbons (Fsp3) is 0.364. The van der Waals surface area contributed by atoms with Gasteiger partial charge in [-0.15, -0.1) is 0 Å². The summed E-state index contributed by atoms with van der Waals surface area (Å²) in [6, 6.07) is 7.00. The van der Waals surface area contributed by atoms with Crippen LogP contribution in [0.15, 0.2) is 24.3 Å². The number of hydrogen-bond donors (Lipinski definition) is 2. The fourth-order valence-electron chi connectivity index (χ4n) is 1.05. The Hall–Kier alpha value is -0.670. The van der Waals surface area contributed by atoms with Gasteiger partial charge < -0.3 is 5.32 Å². The number of thiol groups is 1. The lowest BCUT2D eigenvalue weighted by molar-refractivity contribution is -0.116. The molecule has 0 saturated heterocycles. The second-order valence-electron chi connectivity index (χ2n) is 3.68. The van der Waals surface area contributed by atoms with Crippen LogP contribution in [-0.4, -0.2) is 11.2 Å². The number of amides is 1. The molecule has 0 aromatic heterocycles. The van der Waals surface area contributed by atoms with Crippen molar-refractivity contribution in [2.24, 2.45) is 5.92 Å². The van der Waals surface area contributed by atoms with E-state index in [1.165, 1.54) is 0 Å². The molecule has 0 fully saturated rings. The molecule has 1 N–H and O–H groups in total. The Morgan fingerprint density at radius 3 is 2.33 bits per heavy atom. The molecular weight excluding hydrogens is 230 g/mol. The molecule has 0 aliphatic rings. The first-order valence-corrected chi connectivity index (χ1v) is 5.64. The Balaban J connectivity index is 2.62. The standard InChI is InChI=1S/C11H14ClNOS/c1-7(2)10(15)11(14)13-9-5-3-8(12)4-6-9/h3-7,10,15H,1-2H3,(H,13,14). The summed E-state index contributed by atoms with van der Waals surface area (Å²) < 4.78 is 0. The smallest absolute Gasteiger partial charge is 0.237 e. The first-order valence-electron chi connectivity index (χ1n) is 4.75. The number of anilines is 1. The van der Waals surface area contributed by atoms with Crippen LogP contribution in [0.25, 0.3) is 0 Å². The van der Waals surface area contributed by atoms with E-state index in [0.29, 0.717) is 5.02 Å². The van der Waals surface area contributed by atoms with Gasteiger partial charge >= 0.3 is 0 Å². The van der Waals surface area contributed by atoms with E-state index < -0.39 is 0 Å². The van der Waals surface area contributed by atoms with E-state index in [1.54, 1.807) is 24.3 Å². The topological polar surface area (TPSA) is 29.1 Å². The first kappa shape index (κ1) is 12.4. The van der Waals surface area contributed by atoms with Gasteiger partial charge in [-0.3, -0.25) is 4.79 Å². The summed E-state index contributed by atoms with van der Waals surface area (Å²) in [6.45, 7) is 3.91. The van der Waals surface area contributed by atoms with Gasteiger partial charge in [0.15, 0.2) is 0 Å². The zero-order chi connectivity index (χ0) is 11.4. The molecule has 1 rings (SSSR count). The van der Waals surface area contributed by atoms with Crippen LogP contribution < -0.4 is 5.32 Å². The van der Waals surface area contributed by atoms with Crippen molar-refractivity contribution in [3.8, 4) is 0 Å². The average Bonchev–Trinajstić information content (AvgIpc) is 2.20. The molecule has 1 aromatic rings. The van der Waals surface area contributed by atoms with Crippen molar-refractivity contribution >= 4 is 35.8 Å². The van der Waals surface area contributed by atoms with Crippen LogP contribution in [0.5, 0.6) is 0 Å². The van der Waals surface area contributed by atoms with Crippen LogP contribution in [0.2, 0.25) is 5.02 Å². The van der Waals surface area contributed by atoms with Crippen LogP contribution in [0.4, 0.5) is 5.69 Å². The third kappa shape index (κ3) is 3.76. The molecule has 1 atom stereocenters. The quantitative estimate of drug-likeness (QED) is 0.785. The summed E-state index contributed by atoms with van der Waals surface area (Å²) in [7, 11) is 0.